The summed E-state index contributed by atoms with van der Waals surface area (Å²) in [7, 11) is 1.64. The minimum absolute atomic E-state index is 0.0698. The molecule has 1 fully saturated rings. The Bertz CT molecular complexity index is 1050. The summed E-state index contributed by atoms with van der Waals surface area (Å²) in [5, 5.41) is 14.3. The van der Waals surface area contributed by atoms with Gasteiger partial charge in [-0.15, -0.1) is 0 Å². The molecule has 7 nitrogen and oxygen atoms in total. The summed E-state index contributed by atoms with van der Waals surface area (Å²) in [4.78, 5) is 14.9. The van der Waals surface area contributed by atoms with Gasteiger partial charge in [0.05, 0.1) is 18.1 Å². The van der Waals surface area contributed by atoms with Crippen molar-refractivity contribution in [3.63, 3.8) is 0 Å². The number of rotatable bonds is 7. The smallest absolute Gasteiger partial charge is 0.311 e. The van der Waals surface area contributed by atoms with Gasteiger partial charge in [0, 0.05) is 18.0 Å². The number of aromatic nitrogens is 1. The zero-order valence-electron chi connectivity index (χ0n) is 16.7. The van der Waals surface area contributed by atoms with Crippen LogP contribution in [-0.2, 0) is 0 Å². The third-order valence-electron chi connectivity index (χ3n) is 5.20. The molecule has 2 aromatic carbocycles. The van der Waals surface area contributed by atoms with Crippen LogP contribution in [0.3, 0.4) is 0 Å². The largest absolute Gasteiger partial charge is 0.493 e. The average Bonchev–Trinajstić information content (AvgIpc) is 3.27. The summed E-state index contributed by atoms with van der Waals surface area (Å²) >= 11 is 0. The number of methoxy groups -OCH3 is 1. The van der Waals surface area contributed by atoms with Crippen molar-refractivity contribution in [2.45, 2.75) is 31.8 Å². The van der Waals surface area contributed by atoms with Gasteiger partial charge in [-0.1, -0.05) is 18.2 Å². The van der Waals surface area contributed by atoms with Gasteiger partial charge in [0.2, 0.25) is 5.82 Å². The van der Waals surface area contributed by atoms with E-state index in [4.69, 9.17) is 9.47 Å². The summed E-state index contributed by atoms with van der Waals surface area (Å²) < 4.78 is 11.7. The Hall–Kier alpha value is -3.61. The van der Waals surface area contributed by atoms with Crippen molar-refractivity contribution >= 4 is 17.2 Å². The van der Waals surface area contributed by atoms with Crippen molar-refractivity contribution in [3.8, 4) is 22.6 Å². The minimum atomic E-state index is -0.449. The molecule has 0 bridgehead atoms. The van der Waals surface area contributed by atoms with Crippen molar-refractivity contribution in [1.82, 2.24) is 4.98 Å². The van der Waals surface area contributed by atoms with E-state index in [1.165, 1.54) is 25.1 Å². The van der Waals surface area contributed by atoms with Crippen LogP contribution in [0, 0.1) is 10.1 Å². The predicted molar refractivity (Wildman–Crippen MR) is 115 cm³/mol. The topological polar surface area (TPSA) is 86.5 Å². The van der Waals surface area contributed by atoms with Gasteiger partial charge in [0.15, 0.2) is 11.5 Å². The lowest BCUT2D eigenvalue weighted by atomic mass is 10.0. The van der Waals surface area contributed by atoms with E-state index >= 15 is 0 Å². The van der Waals surface area contributed by atoms with Crippen LogP contribution in [0.25, 0.3) is 11.1 Å². The second-order valence-corrected chi connectivity index (χ2v) is 7.22. The first-order valence-electron chi connectivity index (χ1n) is 9.95. The Labute approximate surface area is 174 Å². The fourth-order valence-electron chi connectivity index (χ4n) is 3.69. The van der Waals surface area contributed by atoms with Crippen LogP contribution in [0.5, 0.6) is 11.5 Å². The molecule has 0 aliphatic heterocycles. The molecule has 1 N–H and O–H groups in total. The number of hydrogen-bond acceptors (Lipinski definition) is 6. The monoisotopic (exact) mass is 405 g/mol. The summed E-state index contributed by atoms with van der Waals surface area (Å²) in [5.41, 5.74) is 2.57. The van der Waals surface area contributed by atoms with E-state index in [0.717, 1.165) is 29.7 Å². The van der Waals surface area contributed by atoms with E-state index in [-0.39, 0.29) is 17.6 Å². The highest BCUT2D eigenvalue weighted by Gasteiger charge is 2.19. The lowest BCUT2D eigenvalue weighted by Gasteiger charge is -2.17. The van der Waals surface area contributed by atoms with E-state index in [1.54, 1.807) is 13.2 Å². The van der Waals surface area contributed by atoms with Crippen molar-refractivity contribution in [1.29, 1.82) is 0 Å². The SMILES string of the molecule is COc1ccc(-c2cccc(Nc3ncccc3[N+](=O)[O-])c2)cc1OC1CCCC1. The number of benzene rings is 2. The highest BCUT2D eigenvalue weighted by atomic mass is 16.6. The van der Waals surface area contributed by atoms with E-state index in [0.29, 0.717) is 11.4 Å². The van der Waals surface area contributed by atoms with Crippen LogP contribution >= 0.6 is 0 Å². The maximum Gasteiger partial charge on any atom is 0.311 e. The van der Waals surface area contributed by atoms with Gasteiger partial charge in [0.25, 0.3) is 0 Å². The molecule has 1 aliphatic carbocycles. The maximum atomic E-state index is 11.2. The molecule has 0 unspecified atom stereocenters. The van der Waals surface area contributed by atoms with Crippen LogP contribution < -0.4 is 14.8 Å². The molecule has 1 aromatic heterocycles. The molecule has 30 heavy (non-hydrogen) atoms. The average molecular weight is 405 g/mol. The minimum Gasteiger partial charge on any atom is -0.493 e. The molecule has 154 valence electrons. The molecular weight excluding hydrogens is 382 g/mol. The first-order chi connectivity index (χ1) is 14.6. The number of ether oxygens (including phenoxy) is 2. The molecule has 0 atom stereocenters. The number of hydrogen-bond donors (Lipinski definition) is 1. The zero-order valence-corrected chi connectivity index (χ0v) is 16.7. The van der Waals surface area contributed by atoms with Gasteiger partial charge >= 0.3 is 5.69 Å². The van der Waals surface area contributed by atoms with Gasteiger partial charge in [-0.3, -0.25) is 10.1 Å². The van der Waals surface area contributed by atoms with E-state index in [9.17, 15) is 10.1 Å². The van der Waals surface area contributed by atoms with Gasteiger partial charge in [-0.25, -0.2) is 4.98 Å². The summed E-state index contributed by atoms with van der Waals surface area (Å²) in [6.07, 6.45) is 6.27. The molecule has 0 spiro atoms. The van der Waals surface area contributed by atoms with Gasteiger partial charge < -0.3 is 14.8 Å². The summed E-state index contributed by atoms with van der Waals surface area (Å²) in [6, 6.07) is 16.5. The number of anilines is 2. The number of nitrogens with one attached hydrogen (secondary N) is 1. The van der Waals surface area contributed by atoms with E-state index < -0.39 is 4.92 Å². The van der Waals surface area contributed by atoms with Gasteiger partial charge in [-0.05, 0) is 67.1 Å². The van der Waals surface area contributed by atoms with Crippen LogP contribution in [0.15, 0.2) is 60.8 Å². The highest BCUT2D eigenvalue weighted by molar-refractivity contribution is 5.73. The van der Waals surface area contributed by atoms with Crippen molar-refractivity contribution < 1.29 is 14.4 Å². The second-order valence-electron chi connectivity index (χ2n) is 7.22. The number of nitro groups is 1. The van der Waals surface area contributed by atoms with E-state index in [1.807, 2.05) is 42.5 Å². The van der Waals surface area contributed by atoms with Crippen molar-refractivity contribution in [2.75, 3.05) is 12.4 Å². The summed E-state index contributed by atoms with van der Waals surface area (Å²) in [5.74, 6) is 1.66. The molecule has 7 heteroatoms. The van der Waals surface area contributed by atoms with Crippen molar-refractivity contribution in [2.24, 2.45) is 0 Å². The van der Waals surface area contributed by atoms with E-state index in [2.05, 4.69) is 10.3 Å². The molecule has 0 radical (unpaired) electrons. The first-order valence-corrected chi connectivity index (χ1v) is 9.95. The lowest BCUT2D eigenvalue weighted by molar-refractivity contribution is -0.384. The van der Waals surface area contributed by atoms with Crippen molar-refractivity contribution in [3.05, 3.63) is 70.9 Å². The molecule has 4 rings (SSSR count). The van der Waals surface area contributed by atoms with Crippen LogP contribution in [0.2, 0.25) is 0 Å². The normalized spacial score (nSPS) is 13.8. The standard InChI is InChI=1S/C23H23N3O4/c1-29-21-12-11-17(15-22(21)30-19-8-2-3-9-19)16-6-4-7-18(14-16)25-23-20(26(27)28)10-5-13-24-23/h4-7,10-15,19H,2-3,8-9H2,1H3,(H,24,25). The number of pyridine rings is 1. The lowest BCUT2D eigenvalue weighted by Crippen LogP contribution is -2.11. The molecular formula is C23H23N3O4. The fraction of sp³-hybridized carbons (Fsp3) is 0.261. The predicted octanol–water partition coefficient (Wildman–Crippen LogP) is 5.73. The maximum absolute atomic E-state index is 11.2. The van der Waals surface area contributed by atoms with Crippen LogP contribution in [0.1, 0.15) is 25.7 Å². The third kappa shape index (κ3) is 4.35. The fourth-order valence-corrected chi connectivity index (χ4v) is 3.69. The third-order valence-corrected chi connectivity index (χ3v) is 5.20. The Balaban J connectivity index is 1.61. The molecule has 1 aliphatic rings. The molecule has 1 heterocycles. The Morgan fingerprint density at radius 2 is 1.83 bits per heavy atom. The number of nitrogens with zero attached hydrogens (tertiary/aromatic N) is 2. The molecule has 3 aromatic rings. The Morgan fingerprint density at radius 3 is 2.60 bits per heavy atom. The molecule has 0 saturated heterocycles. The summed E-state index contributed by atoms with van der Waals surface area (Å²) in [6.45, 7) is 0. The Kier molecular flexibility index (Phi) is 5.79. The Morgan fingerprint density at radius 1 is 1.03 bits per heavy atom. The quantitative estimate of drug-likeness (QED) is 0.399. The van der Waals surface area contributed by atoms with Gasteiger partial charge in [-0.2, -0.15) is 0 Å². The van der Waals surface area contributed by atoms with Crippen LogP contribution in [0.4, 0.5) is 17.2 Å². The van der Waals surface area contributed by atoms with Crippen LogP contribution in [-0.4, -0.2) is 23.1 Å². The zero-order chi connectivity index (χ0) is 20.9. The first kappa shape index (κ1) is 19.7. The molecule has 1 saturated carbocycles. The molecule has 0 amide bonds. The highest BCUT2D eigenvalue weighted by Crippen LogP contribution is 2.36. The van der Waals surface area contributed by atoms with Gasteiger partial charge in [0.1, 0.15) is 0 Å². The second kappa shape index (κ2) is 8.82.